The van der Waals surface area contributed by atoms with Crippen LogP contribution in [0.15, 0.2) is 12.3 Å². The third-order valence-electron chi connectivity index (χ3n) is 2.17. The molecule has 1 amide bonds. The lowest BCUT2D eigenvalue weighted by atomic mass is 10.4. The first-order valence-electron chi connectivity index (χ1n) is 5.40. The number of hydrogen-bond acceptors (Lipinski definition) is 6. The fraction of sp³-hybridized carbons (Fsp3) is 0.455. The standard InChI is InChI=1S/C11H16N4O3/c1-15(2)9(16)5-7-12-8-4-6-13-10(14-8)11(17)18-3/h4,6H,5,7H2,1-3H3,(H,12,13,14). The van der Waals surface area contributed by atoms with Gasteiger partial charge >= 0.3 is 5.97 Å². The van der Waals surface area contributed by atoms with E-state index in [1.807, 2.05) is 0 Å². The van der Waals surface area contributed by atoms with Gasteiger partial charge in [0.2, 0.25) is 11.7 Å². The molecule has 7 heteroatoms. The van der Waals surface area contributed by atoms with Crippen LogP contribution >= 0.6 is 0 Å². The zero-order valence-electron chi connectivity index (χ0n) is 10.6. The van der Waals surface area contributed by atoms with Crippen molar-refractivity contribution in [2.45, 2.75) is 6.42 Å². The van der Waals surface area contributed by atoms with Crippen LogP contribution in [0.25, 0.3) is 0 Å². The summed E-state index contributed by atoms with van der Waals surface area (Å²) in [7, 11) is 4.66. The van der Waals surface area contributed by atoms with E-state index in [0.29, 0.717) is 18.8 Å². The molecular formula is C11H16N4O3. The van der Waals surface area contributed by atoms with Gasteiger partial charge in [-0.05, 0) is 6.07 Å². The molecule has 0 fully saturated rings. The van der Waals surface area contributed by atoms with Crippen molar-refractivity contribution in [3.63, 3.8) is 0 Å². The molecule has 0 saturated heterocycles. The van der Waals surface area contributed by atoms with Crippen LogP contribution in [-0.4, -0.2) is 54.5 Å². The number of aromatic nitrogens is 2. The maximum absolute atomic E-state index is 11.3. The Labute approximate surface area is 105 Å². The Balaban J connectivity index is 2.53. The van der Waals surface area contributed by atoms with Crippen LogP contribution in [0.3, 0.4) is 0 Å². The van der Waals surface area contributed by atoms with Crippen molar-refractivity contribution in [3.8, 4) is 0 Å². The number of nitrogens with zero attached hydrogens (tertiary/aromatic N) is 3. The monoisotopic (exact) mass is 252 g/mol. The number of methoxy groups -OCH3 is 1. The van der Waals surface area contributed by atoms with Gasteiger partial charge < -0.3 is 15.0 Å². The topological polar surface area (TPSA) is 84.4 Å². The van der Waals surface area contributed by atoms with Gasteiger partial charge in [-0.25, -0.2) is 14.8 Å². The predicted molar refractivity (Wildman–Crippen MR) is 65.2 cm³/mol. The average molecular weight is 252 g/mol. The predicted octanol–water partition coefficient (Wildman–Crippen LogP) is 0.153. The Bertz CT molecular complexity index is 434. The lowest BCUT2D eigenvalue weighted by Crippen LogP contribution is -2.24. The molecule has 0 spiro atoms. The first kappa shape index (κ1) is 13.9. The average Bonchev–Trinajstić information content (AvgIpc) is 2.37. The Morgan fingerprint density at radius 1 is 1.44 bits per heavy atom. The zero-order chi connectivity index (χ0) is 13.5. The van der Waals surface area contributed by atoms with Crippen molar-refractivity contribution in [1.29, 1.82) is 0 Å². The molecule has 0 atom stereocenters. The summed E-state index contributed by atoms with van der Waals surface area (Å²) in [5.74, 6) is -0.105. The van der Waals surface area contributed by atoms with Crippen molar-refractivity contribution in [2.75, 3.05) is 33.1 Å². The van der Waals surface area contributed by atoms with E-state index in [-0.39, 0.29) is 11.7 Å². The summed E-state index contributed by atoms with van der Waals surface area (Å²) in [6.07, 6.45) is 1.81. The Hall–Kier alpha value is -2.18. The maximum Gasteiger partial charge on any atom is 0.376 e. The Morgan fingerprint density at radius 3 is 2.78 bits per heavy atom. The maximum atomic E-state index is 11.3. The first-order valence-corrected chi connectivity index (χ1v) is 5.40. The first-order chi connectivity index (χ1) is 8.54. The van der Waals surface area contributed by atoms with Gasteiger partial charge in [-0.3, -0.25) is 4.79 Å². The summed E-state index contributed by atoms with van der Waals surface area (Å²) in [6, 6.07) is 1.62. The van der Waals surface area contributed by atoms with E-state index < -0.39 is 5.97 Å². The minimum atomic E-state index is -0.594. The summed E-state index contributed by atoms with van der Waals surface area (Å²) in [5, 5.41) is 2.94. The fourth-order valence-electron chi connectivity index (χ4n) is 1.17. The van der Waals surface area contributed by atoms with E-state index in [9.17, 15) is 9.59 Å². The number of carbonyl (C=O) groups excluding carboxylic acids is 2. The second kappa shape index (κ2) is 6.53. The van der Waals surface area contributed by atoms with Gasteiger partial charge in [0.15, 0.2) is 0 Å². The Morgan fingerprint density at radius 2 is 2.17 bits per heavy atom. The molecule has 0 aliphatic carbocycles. The number of ether oxygens (including phenoxy) is 1. The number of carbonyl (C=O) groups is 2. The molecule has 1 rings (SSSR count). The largest absolute Gasteiger partial charge is 0.463 e. The molecular weight excluding hydrogens is 236 g/mol. The number of hydrogen-bond donors (Lipinski definition) is 1. The highest BCUT2D eigenvalue weighted by Crippen LogP contribution is 2.03. The van der Waals surface area contributed by atoms with Crippen LogP contribution in [0.2, 0.25) is 0 Å². The lowest BCUT2D eigenvalue weighted by molar-refractivity contribution is -0.128. The van der Waals surface area contributed by atoms with Crippen molar-refractivity contribution < 1.29 is 14.3 Å². The molecule has 0 aliphatic rings. The smallest absolute Gasteiger partial charge is 0.376 e. The molecule has 0 unspecified atom stereocenters. The van der Waals surface area contributed by atoms with E-state index in [4.69, 9.17) is 0 Å². The van der Waals surface area contributed by atoms with Crippen LogP contribution in [0.4, 0.5) is 5.82 Å². The fourth-order valence-corrected chi connectivity index (χ4v) is 1.17. The highest BCUT2D eigenvalue weighted by atomic mass is 16.5. The van der Waals surface area contributed by atoms with Crippen molar-refractivity contribution in [3.05, 3.63) is 18.1 Å². The highest BCUT2D eigenvalue weighted by Gasteiger charge is 2.09. The number of amides is 1. The molecule has 0 bridgehead atoms. The van der Waals surface area contributed by atoms with Crippen LogP contribution in [0, 0.1) is 0 Å². The molecule has 0 aliphatic heterocycles. The van der Waals surface area contributed by atoms with E-state index >= 15 is 0 Å². The lowest BCUT2D eigenvalue weighted by Gasteiger charge is -2.10. The quantitative estimate of drug-likeness (QED) is 0.751. The summed E-state index contributed by atoms with van der Waals surface area (Å²) in [4.78, 5) is 31.8. The molecule has 0 aromatic carbocycles. The minimum Gasteiger partial charge on any atom is -0.463 e. The summed E-state index contributed by atoms with van der Waals surface area (Å²) in [5.41, 5.74) is 0. The number of anilines is 1. The molecule has 98 valence electrons. The number of esters is 1. The van der Waals surface area contributed by atoms with Gasteiger partial charge in [-0.2, -0.15) is 0 Å². The SMILES string of the molecule is COC(=O)c1nccc(NCCC(=O)N(C)C)n1. The van der Waals surface area contributed by atoms with Gasteiger partial charge in [-0.15, -0.1) is 0 Å². The zero-order valence-corrected chi connectivity index (χ0v) is 10.6. The van der Waals surface area contributed by atoms with E-state index in [1.54, 1.807) is 20.2 Å². The molecule has 1 heterocycles. The molecule has 1 N–H and O–H groups in total. The summed E-state index contributed by atoms with van der Waals surface area (Å²) in [6.45, 7) is 0.439. The van der Waals surface area contributed by atoms with Gasteiger partial charge in [-0.1, -0.05) is 0 Å². The van der Waals surface area contributed by atoms with E-state index in [1.165, 1.54) is 18.2 Å². The normalized spacial score (nSPS) is 9.72. The van der Waals surface area contributed by atoms with Crippen LogP contribution in [0.1, 0.15) is 17.0 Å². The number of nitrogens with one attached hydrogen (secondary N) is 1. The van der Waals surface area contributed by atoms with Crippen molar-refractivity contribution >= 4 is 17.7 Å². The molecule has 0 radical (unpaired) electrons. The molecule has 1 aromatic heterocycles. The second-order valence-electron chi connectivity index (χ2n) is 3.72. The molecule has 18 heavy (non-hydrogen) atoms. The van der Waals surface area contributed by atoms with Crippen LogP contribution in [0.5, 0.6) is 0 Å². The van der Waals surface area contributed by atoms with Crippen LogP contribution < -0.4 is 5.32 Å². The molecule has 0 saturated carbocycles. The highest BCUT2D eigenvalue weighted by molar-refractivity contribution is 5.85. The molecule has 7 nitrogen and oxygen atoms in total. The van der Waals surface area contributed by atoms with Crippen LogP contribution in [-0.2, 0) is 9.53 Å². The van der Waals surface area contributed by atoms with Gasteiger partial charge in [0.05, 0.1) is 7.11 Å². The van der Waals surface area contributed by atoms with Gasteiger partial charge in [0.25, 0.3) is 0 Å². The third-order valence-corrected chi connectivity index (χ3v) is 2.17. The second-order valence-corrected chi connectivity index (χ2v) is 3.72. The number of rotatable bonds is 5. The Kier molecular flexibility index (Phi) is 5.04. The van der Waals surface area contributed by atoms with Crippen molar-refractivity contribution in [2.24, 2.45) is 0 Å². The minimum absolute atomic E-state index is 0.0126. The summed E-state index contributed by atoms with van der Waals surface area (Å²) >= 11 is 0. The van der Waals surface area contributed by atoms with E-state index in [0.717, 1.165) is 0 Å². The summed E-state index contributed by atoms with van der Waals surface area (Å²) < 4.78 is 4.51. The van der Waals surface area contributed by atoms with Crippen molar-refractivity contribution in [1.82, 2.24) is 14.9 Å². The van der Waals surface area contributed by atoms with Gasteiger partial charge in [0.1, 0.15) is 5.82 Å². The van der Waals surface area contributed by atoms with E-state index in [2.05, 4.69) is 20.0 Å². The van der Waals surface area contributed by atoms with Gasteiger partial charge in [0, 0.05) is 33.3 Å². The molecule has 1 aromatic rings. The third kappa shape index (κ3) is 4.00.